The largest absolute Gasteiger partial charge is 0.504 e. The number of benzene rings is 1. The lowest BCUT2D eigenvalue weighted by molar-refractivity contribution is 0.373. The van der Waals surface area contributed by atoms with Gasteiger partial charge < -0.3 is 15.6 Å². The normalized spacial score (nSPS) is 10.2. The molecule has 0 amide bonds. The summed E-state index contributed by atoms with van der Waals surface area (Å²) in [6.07, 6.45) is 0. The molecule has 0 spiro atoms. The predicted octanol–water partition coefficient (Wildman–Crippen LogP) is 0.207. The number of hydrogen-bond acceptors (Lipinski definition) is 5. The van der Waals surface area contributed by atoms with E-state index in [2.05, 4.69) is 0 Å². The molecule has 0 atom stereocenters. The summed E-state index contributed by atoms with van der Waals surface area (Å²) in [4.78, 5) is 0. The first-order valence-corrected chi connectivity index (χ1v) is 5.43. The van der Waals surface area contributed by atoms with Crippen molar-refractivity contribution in [3.8, 4) is 11.5 Å². The van der Waals surface area contributed by atoms with E-state index >= 15 is 0 Å². The molecule has 0 radical (unpaired) electrons. The Labute approximate surface area is 93.0 Å². The molecule has 0 aliphatic heterocycles. The van der Waals surface area contributed by atoms with E-state index in [1.165, 1.54) is 7.11 Å². The molecule has 0 saturated heterocycles. The minimum Gasteiger partial charge on any atom is -0.504 e. The standard InChI is InChI=1S/C8H11NO2.H2O4S/c1-11-8-4-6(5-9)2-3-7(8)10;1-5(2,3)4/h2-4,10H,5,9H2,1H3;(H2,1,2,3,4). The quantitative estimate of drug-likeness (QED) is 0.552. The van der Waals surface area contributed by atoms with Crippen LogP contribution in [0.3, 0.4) is 0 Å². The summed E-state index contributed by atoms with van der Waals surface area (Å²) in [7, 11) is -3.16. The fourth-order valence-corrected chi connectivity index (χ4v) is 0.849. The van der Waals surface area contributed by atoms with Gasteiger partial charge in [0.15, 0.2) is 11.5 Å². The highest BCUT2D eigenvalue weighted by molar-refractivity contribution is 7.79. The third kappa shape index (κ3) is 7.01. The Morgan fingerprint density at radius 1 is 1.38 bits per heavy atom. The first-order chi connectivity index (χ1) is 7.27. The number of phenolic OH excluding ortho intramolecular Hbond substituents is 1. The average Bonchev–Trinajstić information content (AvgIpc) is 2.16. The molecule has 0 unspecified atom stereocenters. The molecule has 0 fully saturated rings. The van der Waals surface area contributed by atoms with Crippen LogP contribution in [-0.4, -0.2) is 29.7 Å². The summed E-state index contributed by atoms with van der Waals surface area (Å²) in [5.41, 5.74) is 6.33. The number of nitrogens with two attached hydrogens (primary N) is 1. The van der Waals surface area contributed by atoms with Crippen molar-refractivity contribution < 1.29 is 27.4 Å². The molecular formula is C8H13NO6S. The van der Waals surface area contributed by atoms with E-state index in [-0.39, 0.29) is 5.75 Å². The molecule has 0 aliphatic carbocycles. The molecule has 8 heteroatoms. The minimum atomic E-state index is -4.67. The molecule has 1 aromatic carbocycles. The monoisotopic (exact) mass is 251 g/mol. The van der Waals surface area contributed by atoms with Gasteiger partial charge in [0.1, 0.15) is 0 Å². The van der Waals surface area contributed by atoms with Gasteiger partial charge in [-0.15, -0.1) is 0 Å². The van der Waals surface area contributed by atoms with Gasteiger partial charge in [0.25, 0.3) is 0 Å². The van der Waals surface area contributed by atoms with E-state index in [1.807, 2.05) is 0 Å². The maximum Gasteiger partial charge on any atom is 0.394 e. The van der Waals surface area contributed by atoms with Crippen LogP contribution < -0.4 is 10.5 Å². The van der Waals surface area contributed by atoms with Crippen LogP contribution >= 0.6 is 0 Å². The summed E-state index contributed by atoms with van der Waals surface area (Å²) in [5.74, 6) is 0.609. The summed E-state index contributed by atoms with van der Waals surface area (Å²) >= 11 is 0. The van der Waals surface area contributed by atoms with Crippen LogP contribution in [-0.2, 0) is 16.9 Å². The second-order valence-electron chi connectivity index (χ2n) is 2.66. The molecular weight excluding hydrogens is 238 g/mol. The van der Waals surface area contributed by atoms with Gasteiger partial charge in [0.2, 0.25) is 0 Å². The van der Waals surface area contributed by atoms with E-state index in [1.54, 1.807) is 18.2 Å². The number of methoxy groups -OCH3 is 1. The zero-order valence-electron chi connectivity index (χ0n) is 8.49. The van der Waals surface area contributed by atoms with Crippen LogP contribution in [0.1, 0.15) is 5.56 Å². The Morgan fingerprint density at radius 2 is 1.88 bits per heavy atom. The Balaban J connectivity index is 0.000000385. The lowest BCUT2D eigenvalue weighted by Gasteiger charge is -2.03. The molecule has 1 aromatic rings. The van der Waals surface area contributed by atoms with Crippen LogP contribution in [0, 0.1) is 0 Å². The third-order valence-corrected chi connectivity index (χ3v) is 1.48. The van der Waals surface area contributed by atoms with Crippen molar-refractivity contribution in [2.24, 2.45) is 5.73 Å². The second-order valence-corrected chi connectivity index (χ2v) is 3.55. The maximum atomic E-state index is 9.16. The van der Waals surface area contributed by atoms with Crippen molar-refractivity contribution in [2.75, 3.05) is 7.11 Å². The number of hydrogen-bond donors (Lipinski definition) is 4. The van der Waals surface area contributed by atoms with Crippen molar-refractivity contribution in [1.29, 1.82) is 0 Å². The lowest BCUT2D eigenvalue weighted by Crippen LogP contribution is -1.96. The molecule has 0 heterocycles. The summed E-state index contributed by atoms with van der Waals surface area (Å²) < 4.78 is 36.5. The molecule has 16 heavy (non-hydrogen) atoms. The SMILES string of the molecule is COc1cc(CN)ccc1O.O=S(=O)(O)O. The summed E-state index contributed by atoms with van der Waals surface area (Å²) in [5, 5.41) is 9.16. The zero-order chi connectivity index (χ0) is 12.8. The summed E-state index contributed by atoms with van der Waals surface area (Å²) in [6, 6.07) is 5.05. The third-order valence-electron chi connectivity index (χ3n) is 1.48. The predicted molar refractivity (Wildman–Crippen MR) is 56.7 cm³/mol. The Hall–Kier alpha value is -1.35. The van der Waals surface area contributed by atoms with Gasteiger partial charge in [-0.25, -0.2) is 0 Å². The van der Waals surface area contributed by atoms with Gasteiger partial charge in [-0.2, -0.15) is 8.42 Å². The smallest absolute Gasteiger partial charge is 0.394 e. The van der Waals surface area contributed by atoms with Gasteiger partial charge in [-0.3, -0.25) is 9.11 Å². The fourth-order valence-electron chi connectivity index (χ4n) is 0.849. The Morgan fingerprint density at radius 3 is 2.25 bits per heavy atom. The lowest BCUT2D eigenvalue weighted by atomic mass is 10.2. The van der Waals surface area contributed by atoms with Crippen LogP contribution in [0.4, 0.5) is 0 Å². The molecule has 0 aromatic heterocycles. The van der Waals surface area contributed by atoms with E-state index in [0.717, 1.165) is 5.56 Å². The number of aromatic hydroxyl groups is 1. The van der Waals surface area contributed by atoms with Crippen LogP contribution in [0.2, 0.25) is 0 Å². The summed E-state index contributed by atoms with van der Waals surface area (Å²) in [6.45, 7) is 0.455. The second kappa shape index (κ2) is 6.28. The van der Waals surface area contributed by atoms with Gasteiger partial charge in [-0.05, 0) is 17.7 Å². The number of ether oxygens (including phenoxy) is 1. The van der Waals surface area contributed by atoms with Crippen LogP contribution in [0.15, 0.2) is 18.2 Å². The van der Waals surface area contributed by atoms with Gasteiger partial charge in [0, 0.05) is 6.54 Å². The van der Waals surface area contributed by atoms with E-state index in [0.29, 0.717) is 12.3 Å². The molecule has 0 aliphatic rings. The van der Waals surface area contributed by atoms with Gasteiger partial charge in [-0.1, -0.05) is 6.07 Å². The molecule has 1 rings (SSSR count). The number of rotatable bonds is 2. The van der Waals surface area contributed by atoms with Gasteiger partial charge in [0.05, 0.1) is 7.11 Å². The highest BCUT2D eigenvalue weighted by Crippen LogP contribution is 2.25. The minimum absolute atomic E-state index is 0.143. The van der Waals surface area contributed by atoms with E-state index in [9.17, 15) is 0 Å². The highest BCUT2D eigenvalue weighted by atomic mass is 32.3. The van der Waals surface area contributed by atoms with Crippen molar-refractivity contribution in [1.82, 2.24) is 0 Å². The average molecular weight is 251 g/mol. The highest BCUT2D eigenvalue weighted by Gasteiger charge is 1.99. The Bertz CT molecular complexity index is 422. The molecule has 0 saturated carbocycles. The van der Waals surface area contributed by atoms with Crippen molar-refractivity contribution in [3.05, 3.63) is 23.8 Å². The first-order valence-electron chi connectivity index (χ1n) is 4.03. The molecule has 7 nitrogen and oxygen atoms in total. The zero-order valence-corrected chi connectivity index (χ0v) is 9.31. The van der Waals surface area contributed by atoms with E-state index in [4.69, 9.17) is 33.1 Å². The first kappa shape index (κ1) is 14.6. The molecule has 0 bridgehead atoms. The van der Waals surface area contributed by atoms with Crippen LogP contribution in [0.25, 0.3) is 0 Å². The maximum absolute atomic E-state index is 9.16. The van der Waals surface area contributed by atoms with E-state index < -0.39 is 10.4 Å². The van der Waals surface area contributed by atoms with Crippen LogP contribution in [0.5, 0.6) is 11.5 Å². The Kier molecular flexibility index (Phi) is 5.75. The topological polar surface area (TPSA) is 130 Å². The fraction of sp³-hybridized carbons (Fsp3) is 0.250. The molecule has 5 N–H and O–H groups in total. The van der Waals surface area contributed by atoms with Crippen molar-refractivity contribution in [2.45, 2.75) is 6.54 Å². The number of phenols is 1. The van der Waals surface area contributed by atoms with Crippen molar-refractivity contribution >= 4 is 10.4 Å². The van der Waals surface area contributed by atoms with Crippen molar-refractivity contribution in [3.63, 3.8) is 0 Å². The molecule has 92 valence electrons. The van der Waals surface area contributed by atoms with Gasteiger partial charge >= 0.3 is 10.4 Å².